The first kappa shape index (κ1) is 17.3. The van der Waals surface area contributed by atoms with E-state index in [2.05, 4.69) is 4.99 Å². The van der Waals surface area contributed by atoms with Crippen LogP contribution in [0.1, 0.15) is 5.56 Å². The maximum atomic E-state index is 14.3. The Kier molecular flexibility index (Phi) is 5.25. The van der Waals surface area contributed by atoms with Gasteiger partial charge in [0.25, 0.3) is 5.69 Å². The van der Waals surface area contributed by atoms with E-state index in [-0.39, 0.29) is 16.5 Å². The third-order valence-corrected chi connectivity index (χ3v) is 4.13. The number of aliphatic imine (C=N–C) groups is 1. The zero-order valence-corrected chi connectivity index (χ0v) is 13.9. The quantitative estimate of drug-likeness (QED) is 0.468. The molecule has 0 aliphatic carbocycles. The normalized spacial score (nSPS) is 14.9. The van der Waals surface area contributed by atoms with Gasteiger partial charge in [0.2, 0.25) is 0 Å². The van der Waals surface area contributed by atoms with Crippen molar-refractivity contribution < 1.29 is 14.1 Å². The van der Waals surface area contributed by atoms with Gasteiger partial charge in [-0.1, -0.05) is 17.7 Å². The molecule has 6 nitrogen and oxygen atoms in total. The van der Waals surface area contributed by atoms with Crippen LogP contribution in [0.3, 0.4) is 0 Å². The lowest BCUT2D eigenvalue weighted by atomic mass is 10.2. The Balaban J connectivity index is 1.79. The van der Waals surface area contributed by atoms with Crippen molar-refractivity contribution in [3.63, 3.8) is 0 Å². The zero-order chi connectivity index (χ0) is 17.8. The van der Waals surface area contributed by atoms with E-state index in [4.69, 9.17) is 16.3 Å². The molecule has 0 N–H and O–H groups in total. The first-order valence-electron chi connectivity index (χ1n) is 7.65. The Morgan fingerprint density at radius 2 is 2.00 bits per heavy atom. The molecule has 1 saturated heterocycles. The van der Waals surface area contributed by atoms with Crippen LogP contribution in [0.15, 0.2) is 41.4 Å². The molecule has 130 valence electrons. The highest BCUT2D eigenvalue weighted by Crippen LogP contribution is 2.29. The number of halogens is 2. The van der Waals surface area contributed by atoms with Gasteiger partial charge in [-0.2, -0.15) is 0 Å². The Morgan fingerprint density at radius 1 is 1.24 bits per heavy atom. The smallest absolute Gasteiger partial charge is 0.290 e. The Hall–Kier alpha value is -2.51. The molecule has 0 unspecified atom stereocenters. The van der Waals surface area contributed by atoms with E-state index >= 15 is 0 Å². The number of ether oxygens (including phenoxy) is 1. The van der Waals surface area contributed by atoms with Crippen molar-refractivity contribution in [3.05, 3.63) is 62.9 Å². The lowest BCUT2D eigenvalue weighted by Gasteiger charge is -2.29. The van der Waals surface area contributed by atoms with Crippen molar-refractivity contribution in [3.8, 4) is 0 Å². The molecule has 25 heavy (non-hydrogen) atoms. The van der Waals surface area contributed by atoms with Gasteiger partial charge in [-0.05, 0) is 29.8 Å². The van der Waals surface area contributed by atoms with Crippen LogP contribution >= 0.6 is 11.6 Å². The van der Waals surface area contributed by atoms with E-state index in [1.54, 1.807) is 18.2 Å². The third kappa shape index (κ3) is 4.12. The summed E-state index contributed by atoms with van der Waals surface area (Å²) in [5, 5.41) is 10.9. The van der Waals surface area contributed by atoms with Crippen molar-refractivity contribution in [2.75, 3.05) is 31.2 Å². The summed E-state index contributed by atoms with van der Waals surface area (Å²) in [5.41, 5.74) is 1.24. The van der Waals surface area contributed by atoms with Gasteiger partial charge in [-0.15, -0.1) is 0 Å². The van der Waals surface area contributed by atoms with E-state index in [9.17, 15) is 14.5 Å². The van der Waals surface area contributed by atoms with Crippen LogP contribution in [0.5, 0.6) is 0 Å². The molecule has 0 aromatic heterocycles. The topological polar surface area (TPSA) is 68.0 Å². The molecule has 0 spiro atoms. The number of anilines is 1. The maximum Gasteiger partial charge on any atom is 0.290 e. The van der Waals surface area contributed by atoms with Crippen LogP contribution in [0.25, 0.3) is 0 Å². The van der Waals surface area contributed by atoms with Crippen LogP contribution in [0, 0.1) is 15.9 Å². The number of hydrogen-bond acceptors (Lipinski definition) is 5. The fourth-order valence-corrected chi connectivity index (χ4v) is 2.72. The summed E-state index contributed by atoms with van der Waals surface area (Å²) < 4.78 is 19.6. The standard InChI is InChI=1S/C17H15ClFN3O3/c18-14-3-2-13(10-17(14)22(23)24)20-11-12-1-4-16(15(19)9-12)21-5-7-25-8-6-21/h1-4,9-11H,5-8H2. The molecule has 1 aliphatic heterocycles. The molecule has 1 heterocycles. The number of nitrogens with zero attached hydrogens (tertiary/aromatic N) is 3. The second-order valence-electron chi connectivity index (χ2n) is 5.46. The van der Waals surface area contributed by atoms with Crippen molar-refractivity contribution in [2.24, 2.45) is 4.99 Å². The molecular weight excluding hydrogens is 349 g/mol. The number of hydrogen-bond donors (Lipinski definition) is 0. The summed E-state index contributed by atoms with van der Waals surface area (Å²) in [7, 11) is 0. The van der Waals surface area contributed by atoms with Gasteiger partial charge in [-0.3, -0.25) is 15.1 Å². The van der Waals surface area contributed by atoms with Crippen LogP contribution in [-0.2, 0) is 4.74 Å². The van der Waals surface area contributed by atoms with Crippen LogP contribution in [0.2, 0.25) is 5.02 Å². The molecule has 1 fully saturated rings. The van der Waals surface area contributed by atoms with Crippen molar-refractivity contribution >= 4 is 34.9 Å². The molecular formula is C17H15ClFN3O3. The van der Waals surface area contributed by atoms with E-state index < -0.39 is 4.92 Å². The minimum atomic E-state index is -0.571. The average Bonchev–Trinajstić information content (AvgIpc) is 2.61. The molecule has 0 saturated carbocycles. The van der Waals surface area contributed by atoms with E-state index in [1.807, 2.05) is 4.90 Å². The summed E-state index contributed by atoms with van der Waals surface area (Å²) in [5.74, 6) is -0.340. The van der Waals surface area contributed by atoms with E-state index in [0.29, 0.717) is 43.2 Å². The molecule has 0 bridgehead atoms. The summed E-state index contributed by atoms with van der Waals surface area (Å²) in [6, 6.07) is 9.09. The van der Waals surface area contributed by atoms with Gasteiger partial charge in [0.05, 0.1) is 29.5 Å². The van der Waals surface area contributed by atoms with Crippen molar-refractivity contribution in [1.29, 1.82) is 0 Å². The Labute approximate surface area is 148 Å². The fourth-order valence-electron chi connectivity index (χ4n) is 2.53. The predicted molar refractivity (Wildman–Crippen MR) is 94.8 cm³/mol. The highest BCUT2D eigenvalue weighted by molar-refractivity contribution is 6.32. The fraction of sp³-hybridized carbons (Fsp3) is 0.235. The average molecular weight is 364 g/mol. The molecule has 0 amide bonds. The molecule has 2 aromatic rings. The second kappa shape index (κ2) is 7.58. The lowest BCUT2D eigenvalue weighted by molar-refractivity contribution is -0.384. The van der Waals surface area contributed by atoms with E-state index in [0.717, 1.165) is 0 Å². The Bertz CT molecular complexity index is 823. The number of morpholine rings is 1. The van der Waals surface area contributed by atoms with E-state index in [1.165, 1.54) is 24.4 Å². The SMILES string of the molecule is O=[N+]([O-])c1cc(N=Cc2ccc(N3CCOCC3)c(F)c2)ccc1Cl. The molecule has 0 atom stereocenters. The second-order valence-corrected chi connectivity index (χ2v) is 5.87. The Morgan fingerprint density at radius 3 is 2.68 bits per heavy atom. The number of rotatable bonds is 4. The largest absolute Gasteiger partial charge is 0.378 e. The van der Waals surface area contributed by atoms with Gasteiger partial charge < -0.3 is 9.64 Å². The molecule has 3 rings (SSSR count). The summed E-state index contributed by atoms with van der Waals surface area (Å²) >= 11 is 5.76. The minimum Gasteiger partial charge on any atom is -0.378 e. The van der Waals surface area contributed by atoms with Crippen LogP contribution < -0.4 is 4.90 Å². The summed E-state index contributed by atoms with van der Waals surface area (Å²) in [6.07, 6.45) is 1.46. The lowest BCUT2D eigenvalue weighted by Crippen LogP contribution is -2.36. The predicted octanol–water partition coefficient (Wildman–Crippen LogP) is 3.97. The highest BCUT2D eigenvalue weighted by atomic mass is 35.5. The first-order chi connectivity index (χ1) is 12.0. The molecule has 0 radical (unpaired) electrons. The molecule has 2 aromatic carbocycles. The molecule has 8 heteroatoms. The maximum absolute atomic E-state index is 14.3. The highest BCUT2D eigenvalue weighted by Gasteiger charge is 2.15. The van der Waals surface area contributed by atoms with Gasteiger partial charge in [0, 0.05) is 25.4 Å². The number of nitro groups is 1. The molecule has 1 aliphatic rings. The monoisotopic (exact) mass is 363 g/mol. The van der Waals surface area contributed by atoms with Crippen molar-refractivity contribution in [2.45, 2.75) is 0 Å². The van der Waals surface area contributed by atoms with Gasteiger partial charge >= 0.3 is 0 Å². The van der Waals surface area contributed by atoms with Crippen molar-refractivity contribution in [1.82, 2.24) is 0 Å². The van der Waals surface area contributed by atoms with Gasteiger partial charge in [0.1, 0.15) is 10.8 Å². The third-order valence-electron chi connectivity index (χ3n) is 3.81. The van der Waals surface area contributed by atoms with Crippen LogP contribution in [-0.4, -0.2) is 37.4 Å². The number of benzene rings is 2. The minimum absolute atomic E-state index is 0.0462. The first-order valence-corrected chi connectivity index (χ1v) is 8.02. The zero-order valence-electron chi connectivity index (χ0n) is 13.2. The summed E-state index contributed by atoms with van der Waals surface area (Å²) in [6.45, 7) is 2.47. The van der Waals surface area contributed by atoms with Gasteiger partial charge in [0.15, 0.2) is 0 Å². The summed E-state index contributed by atoms with van der Waals surface area (Å²) in [4.78, 5) is 16.4. The number of nitro benzene ring substituents is 1. The van der Waals surface area contributed by atoms with Crippen LogP contribution in [0.4, 0.5) is 21.5 Å². The van der Waals surface area contributed by atoms with Gasteiger partial charge in [-0.25, -0.2) is 4.39 Å².